The van der Waals surface area contributed by atoms with Gasteiger partial charge in [-0.2, -0.15) is 0 Å². The van der Waals surface area contributed by atoms with Crippen LogP contribution in [-0.4, -0.2) is 36.3 Å². The fourth-order valence-electron chi connectivity index (χ4n) is 2.20. The van der Waals surface area contributed by atoms with Gasteiger partial charge in [0.15, 0.2) is 5.11 Å². The number of anilines is 1. The molecule has 0 spiro atoms. The minimum Gasteiger partial charge on any atom is -0.495 e. The Morgan fingerprint density at radius 3 is 2.41 bits per heavy atom. The molecule has 0 fully saturated rings. The number of halogens is 2. The van der Waals surface area contributed by atoms with Crippen LogP contribution >= 0.6 is 44.1 Å². The van der Waals surface area contributed by atoms with Crippen molar-refractivity contribution in [2.45, 2.75) is 0 Å². The Morgan fingerprint density at radius 1 is 1.11 bits per heavy atom. The van der Waals surface area contributed by atoms with Gasteiger partial charge in [0.25, 0.3) is 5.91 Å². The zero-order valence-electron chi connectivity index (χ0n) is 14.1. The van der Waals surface area contributed by atoms with Gasteiger partial charge >= 0.3 is 5.97 Å². The molecular weight excluding hydrogens is 504 g/mol. The quantitative estimate of drug-likeness (QED) is 0.514. The fraction of sp³-hybridized carbons (Fsp3) is 0.118. The van der Waals surface area contributed by atoms with Crippen molar-refractivity contribution in [1.82, 2.24) is 5.32 Å². The number of carbonyl (C=O) groups is 2. The maximum absolute atomic E-state index is 12.6. The number of ether oxygens (including phenoxy) is 2. The van der Waals surface area contributed by atoms with E-state index in [1.54, 1.807) is 12.1 Å². The summed E-state index contributed by atoms with van der Waals surface area (Å²) in [5, 5.41) is 14.4. The van der Waals surface area contributed by atoms with Crippen LogP contribution in [0.1, 0.15) is 20.7 Å². The maximum atomic E-state index is 12.6. The summed E-state index contributed by atoms with van der Waals surface area (Å²) in [5.74, 6) is -0.873. The van der Waals surface area contributed by atoms with E-state index in [0.29, 0.717) is 26.1 Å². The van der Waals surface area contributed by atoms with Crippen molar-refractivity contribution < 1.29 is 24.2 Å². The Balaban J connectivity index is 2.23. The summed E-state index contributed by atoms with van der Waals surface area (Å²) >= 11 is 11.8. The number of carboxylic acid groups (broad SMARTS) is 1. The molecule has 7 nitrogen and oxygen atoms in total. The van der Waals surface area contributed by atoms with Crippen LogP contribution in [0.4, 0.5) is 5.69 Å². The van der Waals surface area contributed by atoms with Crippen molar-refractivity contribution in [3.63, 3.8) is 0 Å². The van der Waals surface area contributed by atoms with E-state index >= 15 is 0 Å². The molecule has 0 aromatic heterocycles. The summed E-state index contributed by atoms with van der Waals surface area (Å²) in [7, 11) is 2.89. The molecule has 27 heavy (non-hydrogen) atoms. The van der Waals surface area contributed by atoms with E-state index < -0.39 is 11.9 Å². The Kier molecular flexibility index (Phi) is 7.17. The molecule has 142 valence electrons. The molecule has 0 aliphatic carbocycles. The number of nitrogens with one attached hydrogen (secondary N) is 2. The van der Waals surface area contributed by atoms with E-state index in [4.69, 9.17) is 26.8 Å². The molecule has 0 bridgehead atoms. The van der Waals surface area contributed by atoms with Gasteiger partial charge < -0.3 is 19.9 Å². The largest absolute Gasteiger partial charge is 0.495 e. The molecule has 0 heterocycles. The van der Waals surface area contributed by atoms with Gasteiger partial charge in [0.1, 0.15) is 11.5 Å². The summed E-state index contributed by atoms with van der Waals surface area (Å²) < 4.78 is 11.7. The Hall–Kier alpha value is -2.17. The zero-order valence-corrected chi connectivity index (χ0v) is 18.1. The molecule has 0 radical (unpaired) electrons. The molecule has 1 amide bonds. The standard InChI is InChI=1S/C17H14Br2N2O5S/c1-25-13-4-3-8(16(23)24)5-12(13)20-17(27)21-15(22)10-6-9(18)7-11(19)14(10)26-2/h3-7H,1-2H3,(H,23,24)(H2,20,21,22,27). The number of thiocarbonyl (C=S) groups is 1. The average Bonchev–Trinajstić information content (AvgIpc) is 2.60. The summed E-state index contributed by atoms with van der Waals surface area (Å²) in [6, 6.07) is 7.58. The smallest absolute Gasteiger partial charge is 0.335 e. The van der Waals surface area contributed by atoms with Crippen LogP contribution in [0.25, 0.3) is 0 Å². The van der Waals surface area contributed by atoms with Crippen molar-refractivity contribution in [2.75, 3.05) is 19.5 Å². The number of rotatable bonds is 5. The number of hydrogen-bond acceptors (Lipinski definition) is 5. The maximum Gasteiger partial charge on any atom is 0.335 e. The van der Waals surface area contributed by atoms with Crippen LogP contribution in [0.5, 0.6) is 11.5 Å². The number of benzene rings is 2. The highest BCUT2D eigenvalue weighted by Gasteiger charge is 2.18. The molecule has 2 aromatic carbocycles. The minimum absolute atomic E-state index is 0.0287. The highest BCUT2D eigenvalue weighted by atomic mass is 79.9. The average molecular weight is 518 g/mol. The normalized spacial score (nSPS) is 10.1. The van der Waals surface area contributed by atoms with Crippen LogP contribution in [0, 0.1) is 0 Å². The minimum atomic E-state index is -1.10. The fourth-order valence-corrected chi connectivity index (χ4v) is 3.79. The van der Waals surface area contributed by atoms with Crippen LogP contribution in [-0.2, 0) is 0 Å². The van der Waals surface area contributed by atoms with E-state index in [-0.39, 0.29) is 16.2 Å². The number of aromatic carboxylic acids is 1. The van der Waals surface area contributed by atoms with E-state index in [1.165, 1.54) is 32.4 Å². The molecule has 2 aromatic rings. The monoisotopic (exact) mass is 516 g/mol. The lowest BCUT2D eigenvalue weighted by atomic mass is 10.2. The second-order valence-corrected chi connectivity index (χ2v) is 7.28. The lowest BCUT2D eigenvalue weighted by Crippen LogP contribution is -2.34. The van der Waals surface area contributed by atoms with Crippen LogP contribution in [0.15, 0.2) is 39.3 Å². The second-order valence-electron chi connectivity index (χ2n) is 5.10. The zero-order chi connectivity index (χ0) is 20.1. The lowest BCUT2D eigenvalue weighted by Gasteiger charge is -2.15. The van der Waals surface area contributed by atoms with Crippen molar-refractivity contribution in [2.24, 2.45) is 0 Å². The first kappa shape index (κ1) is 21.1. The first-order valence-electron chi connectivity index (χ1n) is 7.33. The van der Waals surface area contributed by atoms with Crippen molar-refractivity contribution in [1.29, 1.82) is 0 Å². The number of amides is 1. The van der Waals surface area contributed by atoms with Crippen molar-refractivity contribution in [3.05, 3.63) is 50.4 Å². The van der Waals surface area contributed by atoms with E-state index in [2.05, 4.69) is 42.5 Å². The Bertz CT molecular complexity index is 920. The molecular formula is C17H14Br2N2O5S. The molecule has 0 saturated carbocycles. The topological polar surface area (TPSA) is 96.9 Å². The van der Waals surface area contributed by atoms with Gasteiger partial charge in [-0.1, -0.05) is 15.9 Å². The highest BCUT2D eigenvalue weighted by Crippen LogP contribution is 2.32. The molecule has 0 unspecified atom stereocenters. The van der Waals surface area contributed by atoms with Gasteiger partial charge in [-0.25, -0.2) is 4.79 Å². The number of carboxylic acids is 1. The SMILES string of the molecule is COc1ccc(C(=O)O)cc1NC(=S)NC(=O)c1cc(Br)cc(Br)c1OC. The molecule has 3 N–H and O–H groups in total. The molecule has 0 aliphatic rings. The third-order valence-corrected chi connectivity index (χ3v) is 4.63. The van der Waals surface area contributed by atoms with Gasteiger partial charge in [-0.05, 0) is 58.5 Å². The van der Waals surface area contributed by atoms with Gasteiger partial charge in [-0.3, -0.25) is 10.1 Å². The van der Waals surface area contributed by atoms with Crippen LogP contribution < -0.4 is 20.1 Å². The van der Waals surface area contributed by atoms with Gasteiger partial charge in [-0.15, -0.1) is 0 Å². The molecule has 0 atom stereocenters. The van der Waals surface area contributed by atoms with Crippen molar-refractivity contribution >= 4 is 66.8 Å². The predicted molar refractivity (Wildman–Crippen MR) is 112 cm³/mol. The number of methoxy groups -OCH3 is 2. The highest BCUT2D eigenvalue weighted by molar-refractivity contribution is 9.11. The molecule has 10 heteroatoms. The van der Waals surface area contributed by atoms with Gasteiger partial charge in [0, 0.05) is 4.47 Å². The summed E-state index contributed by atoms with van der Waals surface area (Å²) in [4.78, 5) is 23.7. The van der Waals surface area contributed by atoms with Crippen LogP contribution in [0.2, 0.25) is 0 Å². The van der Waals surface area contributed by atoms with Crippen molar-refractivity contribution in [3.8, 4) is 11.5 Å². The number of carbonyl (C=O) groups excluding carboxylic acids is 1. The predicted octanol–water partition coefficient (Wildman–Crippen LogP) is 4.05. The van der Waals surface area contributed by atoms with Crippen LogP contribution in [0.3, 0.4) is 0 Å². The number of hydrogen-bond donors (Lipinski definition) is 3. The third-order valence-electron chi connectivity index (χ3n) is 3.38. The van der Waals surface area contributed by atoms with E-state index in [1.807, 2.05) is 0 Å². The Morgan fingerprint density at radius 2 is 1.81 bits per heavy atom. The van der Waals surface area contributed by atoms with E-state index in [0.717, 1.165) is 0 Å². The first-order valence-corrected chi connectivity index (χ1v) is 9.33. The molecule has 2 rings (SSSR count). The summed E-state index contributed by atoms with van der Waals surface area (Å²) in [5.41, 5.74) is 0.615. The summed E-state index contributed by atoms with van der Waals surface area (Å²) in [6.45, 7) is 0. The lowest BCUT2D eigenvalue weighted by molar-refractivity contribution is 0.0696. The second kappa shape index (κ2) is 9.16. The molecule has 0 saturated heterocycles. The van der Waals surface area contributed by atoms with E-state index in [9.17, 15) is 9.59 Å². The third kappa shape index (κ3) is 5.18. The molecule has 0 aliphatic heterocycles. The van der Waals surface area contributed by atoms with Gasteiger partial charge in [0.2, 0.25) is 0 Å². The Labute approximate surface area is 177 Å². The first-order chi connectivity index (χ1) is 12.8. The summed E-state index contributed by atoms with van der Waals surface area (Å²) in [6.07, 6.45) is 0. The van der Waals surface area contributed by atoms with Gasteiger partial charge in [0.05, 0.1) is 35.5 Å².